The van der Waals surface area contributed by atoms with Gasteiger partial charge in [0.25, 0.3) is 0 Å². The molecule has 17 heavy (non-hydrogen) atoms. The van der Waals surface area contributed by atoms with Crippen LogP contribution in [0.5, 0.6) is 0 Å². The largest absolute Gasteiger partial charge is 0.339 e. The second-order valence-electron chi connectivity index (χ2n) is 4.74. The molecule has 0 spiro atoms. The highest BCUT2D eigenvalue weighted by Gasteiger charge is 2.35. The van der Waals surface area contributed by atoms with Crippen molar-refractivity contribution in [1.82, 2.24) is 9.80 Å². The van der Waals surface area contributed by atoms with Crippen LogP contribution in [0.1, 0.15) is 26.7 Å². The van der Waals surface area contributed by atoms with Gasteiger partial charge in [0.15, 0.2) is 0 Å². The molecule has 0 aliphatic carbocycles. The summed E-state index contributed by atoms with van der Waals surface area (Å²) in [5.74, 6) is 0.112. The van der Waals surface area contributed by atoms with Gasteiger partial charge in [-0.05, 0) is 12.8 Å². The Morgan fingerprint density at radius 3 is 2.24 bits per heavy atom. The second kappa shape index (κ2) is 6.17. The first-order valence-electron chi connectivity index (χ1n) is 6.49. The Bertz CT molecular complexity index is 266. The molecule has 1 rings (SSSR count). The predicted octanol–water partition coefficient (Wildman–Crippen LogP) is 0.834. The molecule has 1 aliphatic rings. The Labute approximate surface area is 104 Å². The van der Waals surface area contributed by atoms with Gasteiger partial charge < -0.3 is 10.6 Å². The van der Waals surface area contributed by atoms with Gasteiger partial charge in [-0.3, -0.25) is 9.69 Å². The summed E-state index contributed by atoms with van der Waals surface area (Å²) in [6.45, 7) is 12.0. The number of hydrogen-bond acceptors (Lipinski definition) is 3. The molecule has 2 N–H and O–H groups in total. The molecule has 1 saturated heterocycles. The maximum atomic E-state index is 12.3. The third-order valence-electron chi connectivity index (χ3n) is 3.73. The van der Waals surface area contributed by atoms with Crippen molar-refractivity contribution in [3.05, 3.63) is 12.7 Å². The lowest BCUT2D eigenvalue weighted by molar-refractivity contribution is -0.139. The van der Waals surface area contributed by atoms with Gasteiger partial charge in [-0.25, -0.2) is 0 Å². The van der Waals surface area contributed by atoms with E-state index in [9.17, 15) is 4.79 Å². The summed E-state index contributed by atoms with van der Waals surface area (Å²) >= 11 is 0. The van der Waals surface area contributed by atoms with Crippen LogP contribution in [0.4, 0.5) is 0 Å². The molecule has 0 aromatic carbocycles. The fourth-order valence-corrected chi connectivity index (χ4v) is 2.18. The molecule has 1 fully saturated rings. The zero-order valence-corrected chi connectivity index (χ0v) is 11.1. The molecule has 1 heterocycles. The van der Waals surface area contributed by atoms with Crippen molar-refractivity contribution >= 4 is 5.91 Å². The van der Waals surface area contributed by atoms with Crippen molar-refractivity contribution < 1.29 is 4.79 Å². The number of rotatable bonds is 5. The number of nitrogens with zero attached hydrogens (tertiary/aromatic N) is 2. The fourth-order valence-electron chi connectivity index (χ4n) is 2.18. The topological polar surface area (TPSA) is 49.6 Å². The number of nitrogens with two attached hydrogens (primary N) is 1. The monoisotopic (exact) mass is 239 g/mol. The first-order chi connectivity index (χ1) is 8.07. The maximum absolute atomic E-state index is 12.3. The smallest absolute Gasteiger partial charge is 0.242 e. The Kier molecular flexibility index (Phi) is 5.15. The third kappa shape index (κ3) is 3.30. The summed E-state index contributed by atoms with van der Waals surface area (Å²) in [6, 6.07) is 0. The van der Waals surface area contributed by atoms with E-state index in [0.717, 1.165) is 32.7 Å². The van der Waals surface area contributed by atoms with Gasteiger partial charge in [0.1, 0.15) is 0 Å². The highest BCUT2D eigenvalue weighted by Crippen LogP contribution is 2.16. The molecule has 0 bridgehead atoms. The van der Waals surface area contributed by atoms with Crippen LogP contribution in [-0.4, -0.2) is 54.0 Å². The van der Waals surface area contributed by atoms with Crippen LogP contribution in [0.2, 0.25) is 0 Å². The van der Waals surface area contributed by atoms with Gasteiger partial charge in [0, 0.05) is 32.7 Å². The van der Waals surface area contributed by atoms with Crippen LogP contribution >= 0.6 is 0 Å². The minimum absolute atomic E-state index is 0.112. The summed E-state index contributed by atoms with van der Waals surface area (Å²) in [5.41, 5.74) is 5.48. The van der Waals surface area contributed by atoms with Crippen molar-refractivity contribution in [2.45, 2.75) is 32.2 Å². The summed E-state index contributed by atoms with van der Waals surface area (Å²) in [5, 5.41) is 0. The standard InChI is InChI=1S/C13H25N3O/c1-4-7-15-8-10-16(11-9-15)12(17)13(14,5-2)6-3/h4H,1,5-11,14H2,2-3H3. The normalized spacial score (nSPS) is 18.2. The van der Waals surface area contributed by atoms with Crippen molar-refractivity contribution in [3.8, 4) is 0 Å². The molecule has 0 radical (unpaired) electrons. The fraction of sp³-hybridized carbons (Fsp3) is 0.769. The highest BCUT2D eigenvalue weighted by molar-refractivity contribution is 5.86. The molecule has 4 heteroatoms. The van der Waals surface area contributed by atoms with Gasteiger partial charge in [-0.2, -0.15) is 0 Å². The maximum Gasteiger partial charge on any atom is 0.242 e. The zero-order chi connectivity index (χ0) is 12.9. The van der Waals surface area contributed by atoms with E-state index in [0.29, 0.717) is 12.8 Å². The van der Waals surface area contributed by atoms with Crippen molar-refractivity contribution in [1.29, 1.82) is 0 Å². The van der Waals surface area contributed by atoms with Crippen molar-refractivity contribution in [2.75, 3.05) is 32.7 Å². The van der Waals surface area contributed by atoms with Crippen LogP contribution < -0.4 is 5.73 Å². The van der Waals surface area contributed by atoms with E-state index in [1.54, 1.807) is 0 Å². The first kappa shape index (κ1) is 14.2. The van der Waals surface area contributed by atoms with Crippen LogP contribution in [0, 0.1) is 0 Å². The van der Waals surface area contributed by atoms with Crippen LogP contribution in [0.3, 0.4) is 0 Å². The SMILES string of the molecule is C=CCN1CCN(C(=O)C(N)(CC)CC)CC1. The molecule has 0 unspecified atom stereocenters. The number of amides is 1. The van der Waals surface area contributed by atoms with Gasteiger partial charge in [0.2, 0.25) is 5.91 Å². The molecule has 0 atom stereocenters. The number of piperazine rings is 1. The van der Waals surface area contributed by atoms with Crippen LogP contribution in [0.25, 0.3) is 0 Å². The van der Waals surface area contributed by atoms with Crippen LogP contribution in [0.15, 0.2) is 12.7 Å². The summed E-state index contributed by atoms with van der Waals surface area (Å²) in [7, 11) is 0. The number of carbonyl (C=O) groups is 1. The molecule has 0 aromatic heterocycles. The van der Waals surface area contributed by atoms with Crippen molar-refractivity contribution in [2.24, 2.45) is 5.73 Å². The lowest BCUT2D eigenvalue weighted by Gasteiger charge is -2.38. The van der Waals surface area contributed by atoms with Gasteiger partial charge in [-0.15, -0.1) is 6.58 Å². The molecule has 0 saturated carbocycles. The van der Waals surface area contributed by atoms with Gasteiger partial charge in [-0.1, -0.05) is 19.9 Å². The van der Waals surface area contributed by atoms with Crippen molar-refractivity contribution in [3.63, 3.8) is 0 Å². The molecule has 1 aliphatic heterocycles. The number of hydrogen-bond donors (Lipinski definition) is 1. The van der Waals surface area contributed by atoms with E-state index in [1.807, 2.05) is 24.8 Å². The minimum Gasteiger partial charge on any atom is -0.339 e. The lowest BCUT2D eigenvalue weighted by Crippen LogP contribution is -2.59. The van der Waals surface area contributed by atoms with E-state index in [1.165, 1.54) is 0 Å². The molecule has 98 valence electrons. The van der Waals surface area contributed by atoms with Gasteiger partial charge >= 0.3 is 0 Å². The number of carbonyl (C=O) groups excluding carboxylic acids is 1. The van der Waals surface area contributed by atoms with Gasteiger partial charge in [0.05, 0.1) is 5.54 Å². The molecule has 1 amide bonds. The zero-order valence-electron chi connectivity index (χ0n) is 11.1. The quantitative estimate of drug-likeness (QED) is 0.723. The average Bonchev–Trinajstić information content (AvgIpc) is 2.38. The molecular formula is C13H25N3O. The Morgan fingerprint density at radius 1 is 1.29 bits per heavy atom. The lowest BCUT2D eigenvalue weighted by atomic mass is 9.92. The summed E-state index contributed by atoms with van der Waals surface area (Å²) in [6.07, 6.45) is 3.31. The molecular weight excluding hydrogens is 214 g/mol. The van der Waals surface area contributed by atoms with E-state index >= 15 is 0 Å². The van der Waals surface area contributed by atoms with E-state index in [2.05, 4.69) is 11.5 Å². The average molecular weight is 239 g/mol. The summed E-state index contributed by atoms with van der Waals surface area (Å²) < 4.78 is 0. The second-order valence-corrected chi connectivity index (χ2v) is 4.74. The highest BCUT2D eigenvalue weighted by atomic mass is 16.2. The first-order valence-corrected chi connectivity index (χ1v) is 6.49. The van der Waals surface area contributed by atoms with E-state index < -0.39 is 5.54 Å². The molecule has 4 nitrogen and oxygen atoms in total. The third-order valence-corrected chi connectivity index (χ3v) is 3.73. The Morgan fingerprint density at radius 2 is 1.82 bits per heavy atom. The minimum atomic E-state index is -0.666. The Hall–Kier alpha value is -0.870. The Balaban J connectivity index is 2.53. The predicted molar refractivity (Wildman–Crippen MR) is 70.7 cm³/mol. The van der Waals surface area contributed by atoms with E-state index in [4.69, 9.17) is 5.73 Å². The van der Waals surface area contributed by atoms with E-state index in [-0.39, 0.29) is 5.91 Å². The molecule has 0 aromatic rings. The van der Waals surface area contributed by atoms with Crippen LogP contribution in [-0.2, 0) is 4.79 Å². The summed E-state index contributed by atoms with van der Waals surface area (Å²) in [4.78, 5) is 16.5.